The Bertz CT molecular complexity index is 691. The van der Waals surface area contributed by atoms with E-state index in [1.807, 2.05) is 0 Å². The first-order valence-corrected chi connectivity index (χ1v) is 7.94. The molecule has 5 nitrogen and oxygen atoms in total. The normalized spacial score (nSPS) is 20.8. The quantitative estimate of drug-likeness (QED) is 0.882. The standard InChI is InChI=1S/C17H19F2N3O2/c18-14-4-3-11(15(19)7-14)6-16(23)20-8-12-2-1-5-24-17(12)13-9-21-22-10-13/h3-4,7,9-10,12,17H,1-2,5-6,8H2,(H,20,23)(H,21,22)/t12-,17+/m0/s1. The van der Waals surface area contributed by atoms with E-state index >= 15 is 0 Å². The lowest BCUT2D eigenvalue weighted by atomic mass is 9.91. The number of amides is 1. The van der Waals surface area contributed by atoms with Gasteiger partial charge >= 0.3 is 0 Å². The summed E-state index contributed by atoms with van der Waals surface area (Å²) in [5.74, 6) is -1.52. The van der Waals surface area contributed by atoms with Gasteiger partial charge in [0.25, 0.3) is 0 Å². The molecule has 0 aliphatic carbocycles. The molecule has 0 unspecified atom stereocenters. The van der Waals surface area contributed by atoms with Gasteiger partial charge in [-0.2, -0.15) is 5.10 Å². The van der Waals surface area contributed by atoms with Crippen molar-refractivity contribution in [1.29, 1.82) is 0 Å². The van der Waals surface area contributed by atoms with Crippen molar-refractivity contribution in [3.05, 3.63) is 53.4 Å². The number of carbonyl (C=O) groups excluding carboxylic acids is 1. The average Bonchev–Trinajstić information content (AvgIpc) is 3.10. The SMILES string of the molecule is O=C(Cc1ccc(F)cc1F)NC[C@@H]1CCCO[C@H]1c1cn[nH]c1. The largest absolute Gasteiger partial charge is 0.373 e. The van der Waals surface area contributed by atoms with Gasteiger partial charge in [-0.15, -0.1) is 0 Å². The van der Waals surface area contributed by atoms with Crippen LogP contribution in [0.5, 0.6) is 0 Å². The van der Waals surface area contributed by atoms with Crippen LogP contribution in [0.4, 0.5) is 8.78 Å². The fourth-order valence-electron chi connectivity index (χ4n) is 2.98. The van der Waals surface area contributed by atoms with E-state index in [4.69, 9.17) is 4.74 Å². The van der Waals surface area contributed by atoms with Gasteiger partial charge in [0.1, 0.15) is 11.6 Å². The first-order valence-electron chi connectivity index (χ1n) is 7.94. The third-order valence-electron chi connectivity index (χ3n) is 4.22. The molecule has 1 fully saturated rings. The summed E-state index contributed by atoms with van der Waals surface area (Å²) in [6.07, 6.45) is 5.15. The fraction of sp³-hybridized carbons (Fsp3) is 0.412. The zero-order valence-electron chi connectivity index (χ0n) is 13.1. The predicted molar refractivity (Wildman–Crippen MR) is 83.1 cm³/mol. The van der Waals surface area contributed by atoms with Crippen LogP contribution in [-0.4, -0.2) is 29.3 Å². The number of hydrogen-bond donors (Lipinski definition) is 2. The zero-order chi connectivity index (χ0) is 16.9. The number of carbonyl (C=O) groups is 1. The van der Waals surface area contributed by atoms with E-state index in [0.29, 0.717) is 13.2 Å². The number of H-pyrrole nitrogens is 1. The second-order valence-electron chi connectivity index (χ2n) is 5.94. The van der Waals surface area contributed by atoms with Gasteiger partial charge in [-0.05, 0) is 24.5 Å². The summed E-state index contributed by atoms with van der Waals surface area (Å²) < 4.78 is 32.3. The highest BCUT2D eigenvalue weighted by Gasteiger charge is 2.28. The minimum absolute atomic E-state index is 0.111. The number of aromatic nitrogens is 2. The van der Waals surface area contributed by atoms with Crippen LogP contribution in [0.3, 0.4) is 0 Å². The molecule has 1 aromatic carbocycles. The topological polar surface area (TPSA) is 67.0 Å². The highest BCUT2D eigenvalue weighted by molar-refractivity contribution is 5.78. The molecular weight excluding hydrogens is 316 g/mol. The summed E-state index contributed by atoms with van der Waals surface area (Å²) in [4.78, 5) is 12.1. The van der Waals surface area contributed by atoms with Gasteiger partial charge in [0.05, 0.1) is 18.7 Å². The first-order chi connectivity index (χ1) is 11.6. The molecule has 128 valence electrons. The monoisotopic (exact) mass is 335 g/mol. The Kier molecular flexibility index (Phi) is 5.20. The van der Waals surface area contributed by atoms with E-state index < -0.39 is 11.6 Å². The molecule has 1 saturated heterocycles. The number of nitrogens with zero attached hydrogens (tertiary/aromatic N) is 1. The van der Waals surface area contributed by atoms with Gasteiger partial charge < -0.3 is 10.1 Å². The van der Waals surface area contributed by atoms with Crippen LogP contribution in [0.2, 0.25) is 0 Å². The summed E-state index contributed by atoms with van der Waals surface area (Å²) in [6, 6.07) is 3.23. The smallest absolute Gasteiger partial charge is 0.224 e. The van der Waals surface area contributed by atoms with Crippen LogP contribution < -0.4 is 5.32 Å². The summed E-state index contributed by atoms with van der Waals surface area (Å²) in [6.45, 7) is 1.12. The number of aromatic amines is 1. The van der Waals surface area contributed by atoms with Crippen molar-refractivity contribution >= 4 is 5.91 Å². The Hall–Kier alpha value is -2.28. The highest BCUT2D eigenvalue weighted by Crippen LogP contribution is 2.32. The Balaban J connectivity index is 1.56. The summed E-state index contributed by atoms with van der Waals surface area (Å²) in [5, 5.41) is 9.53. The zero-order valence-corrected chi connectivity index (χ0v) is 13.1. The number of hydrogen-bond acceptors (Lipinski definition) is 3. The summed E-state index contributed by atoms with van der Waals surface area (Å²) >= 11 is 0. The molecule has 1 aliphatic rings. The molecule has 7 heteroatoms. The van der Waals surface area contributed by atoms with Crippen LogP contribution >= 0.6 is 0 Å². The lowest BCUT2D eigenvalue weighted by molar-refractivity contribution is -0.121. The van der Waals surface area contributed by atoms with Gasteiger partial charge in [0.2, 0.25) is 5.91 Å². The molecule has 1 aromatic heterocycles. The maximum atomic E-state index is 13.6. The van der Waals surface area contributed by atoms with E-state index in [1.165, 1.54) is 6.07 Å². The van der Waals surface area contributed by atoms with Crippen LogP contribution in [0.15, 0.2) is 30.6 Å². The van der Waals surface area contributed by atoms with Gasteiger partial charge in [-0.1, -0.05) is 6.07 Å². The number of ether oxygens (including phenoxy) is 1. The molecule has 1 amide bonds. The van der Waals surface area contributed by atoms with Gasteiger partial charge in [0.15, 0.2) is 0 Å². The molecule has 2 heterocycles. The van der Waals surface area contributed by atoms with E-state index in [-0.39, 0.29) is 29.9 Å². The van der Waals surface area contributed by atoms with Crippen molar-refractivity contribution in [2.75, 3.05) is 13.2 Å². The maximum Gasteiger partial charge on any atom is 0.224 e. The van der Waals surface area contributed by atoms with E-state index in [1.54, 1.807) is 12.4 Å². The molecule has 2 aromatic rings. The van der Waals surface area contributed by atoms with Crippen LogP contribution in [-0.2, 0) is 16.0 Å². The third kappa shape index (κ3) is 3.97. The average molecular weight is 335 g/mol. The molecule has 24 heavy (non-hydrogen) atoms. The minimum Gasteiger partial charge on any atom is -0.373 e. The summed E-state index contributed by atoms with van der Waals surface area (Å²) in [7, 11) is 0. The molecule has 1 aliphatic heterocycles. The van der Waals surface area contributed by atoms with Crippen molar-refractivity contribution in [3.63, 3.8) is 0 Å². The Morgan fingerprint density at radius 3 is 3.04 bits per heavy atom. The Morgan fingerprint density at radius 1 is 1.42 bits per heavy atom. The van der Waals surface area contributed by atoms with Gasteiger partial charge in [-0.25, -0.2) is 8.78 Å². The van der Waals surface area contributed by atoms with Crippen molar-refractivity contribution in [2.24, 2.45) is 5.92 Å². The van der Waals surface area contributed by atoms with Crippen LogP contribution in [0.25, 0.3) is 0 Å². The molecule has 0 saturated carbocycles. The fourth-order valence-corrected chi connectivity index (χ4v) is 2.98. The van der Waals surface area contributed by atoms with E-state index in [0.717, 1.165) is 30.5 Å². The molecule has 3 rings (SSSR count). The molecule has 0 radical (unpaired) electrons. The second kappa shape index (κ2) is 7.53. The molecule has 2 atom stereocenters. The minimum atomic E-state index is -0.706. The second-order valence-corrected chi connectivity index (χ2v) is 5.94. The Labute approximate surface area is 138 Å². The molecule has 2 N–H and O–H groups in total. The van der Waals surface area contributed by atoms with Crippen molar-refractivity contribution in [3.8, 4) is 0 Å². The van der Waals surface area contributed by atoms with Gasteiger partial charge in [-0.3, -0.25) is 9.89 Å². The summed E-state index contributed by atoms with van der Waals surface area (Å²) in [5.41, 5.74) is 1.14. The van der Waals surface area contributed by atoms with Crippen LogP contribution in [0.1, 0.15) is 30.1 Å². The third-order valence-corrected chi connectivity index (χ3v) is 4.22. The predicted octanol–water partition coefficient (Wildman–Crippen LogP) is 2.51. The van der Waals surface area contributed by atoms with E-state index in [9.17, 15) is 13.6 Å². The number of halogens is 2. The number of rotatable bonds is 5. The first kappa shape index (κ1) is 16.6. The molecule has 0 spiro atoms. The number of benzene rings is 1. The van der Waals surface area contributed by atoms with Crippen molar-refractivity contribution in [2.45, 2.75) is 25.4 Å². The molecular formula is C17H19F2N3O2. The van der Waals surface area contributed by atoms with Gasteiger partial charge in [0, 0.05) is 36.9 Å². The number of nitrogens with one attached hydrogen (secondary N) is 2. The van der Waals surface area contributed by atoms with Crippen molar-refractivity contribution in [1.82, 2.24) is 15.5 Å². The highest BCUT2D eigenvalue weighted by atomic mass is 19.1. The molecule has 0 bridgehead atoms. The van der Waals surface area contributed by atoms with Crippen molar-refractivity contribution < 1.29 is 18.3 Å². The maximum absolute atomic E-state index is 13.6. The van der Waals surface area contributed by atoms with E-state index in [2.05, 4.69) is 15.5 Å². The Morgan fingerprint density at radius 2 is 2.29 bits per heavy atom. The lowest BCUT2D eigenvalue weighted by Crippen LogP contribution is -2.35. The van der Waals surface area contributed by atoms with Crippen LogP contribution in [0, 0.1) is 17.6 Å². The lowest BCUT2D eigenvalue weighted by Gasteiger charge is -2.31.